The lowest BCUT2D eigenvalue weighted by atomic mass is 10.2. The highest BCUT2D eigenvalue weighted by molar-refractivity contribution is 5.93. The van der Waals surface area contributed by atoms with E-state index in [0.717, 1.165) is 30.8 Å². The Morgan fingerprint density at radius 2 is 1.92 bits per heavy atom. The molecule has 1 aliphatic heterocycles. The first-order valence-corrected chi connectivity index (χ1v) is 8.71. The van der Waals surface area contributed by atoms with E-state index < -0.39 is 0 Å². The van der Waals surface area contributed by atoms with Crippen LogP contribution in [0.25, 0.3) is 0 Å². The van der Waals surface area contributed by atoms with Crippen molar-refractivity contribution < 1.29 is 9.90 Å². The molecule has 2 N–H and O–H groups in total. The molecule has 1 heterocycles. The monoisotopic (exact) mass is 339 g/mol. The fraction of sp³-hybridized carbons (Fsp3) is 0.350. The number of anilines is 2. The van der Waals surface area contributed by atoms with Gasteiger partial charge in [0.05, 0.1) is 24.0 Å². The van der Waals surface area contributed by atoms with Crippen molar-refractivity contribution in [1.82, 2.24) is 4.90 Å². The topological polar surface area (TPSA) is 55.8 Å². The van der Waals surface area contributed by atoms with Gasteiger partial charge in [-0.2, -0.15) is 0 Å². The van der Waals surface area contributed by atoms with Gasteiger partial charge in [0.1, 0.15) is 0 Å². The fourth-order valence-corrected chi connectivity index (χ4v) is 3.33. The average molecular weight is 339 g/mol. The highest BCUT2D eigenvalue weighted by atomic mass is 16.3. The van der Waals surface area contributed by atoms with Gasteiger partial charge in [0.25, 0.3) is 0 Å². The molecule has 0 bridgehead atoms. The average Bonchev–Trinajstić information content (AvgIpc) is 3.12. The molecule has 5 heteroatoms. The Morgan fingerprint density at radius 1 is 1.20 bits per heavy atom. The summed E-state index contributed by atoms with van der Waals surface area (Å²) in [5.74, 6) is 0. The van der Waals surface area contributed by atoms with E-state index in [1.54, 1.807) is 4.90 Å². The Balaban J connectivity index is 1.73. The molecule has 0 saturated carbocycles. The number of nitrogens with zero attached hydrogens (tertiary/aromatic N) is 2. The predicted molar refractivity (Wildman–Crippen MR) is 101 cm³/mol. The number of para-hydroxylation sites is 2. The molecule has 132 valence electrons. The number of carbonyl (C=O) groups is 1. The largest absolute Gasteiger partial charge is 0.394 e. The molecule has 2 aromatic carbocycles. The van der Waals surface area contributed by atoms with Crippen molar-refractivity contribution in [3.8, 4) is 0 Å². The molecule has 0 aromatic heterocycles. The van der Waals surface area contributed by atoms with E-state index in [0.29, 0.717) is 6.54 Å². The number of urea groups is 1. The zero-order chi connectivity index (χ0) is 17.6. The van der Waals surface area contributed by atoms with Crippen LogP contribution in [0.15, 0.2) is 54.6 Å². The minimum atomic E-state index is -0.142. The molecule has 2 aromatic rings. The van der Waals surface area contributed by atoms with Crippen molar-refractivity contribution in [3.05, 3.63) is 60.2 Å². The first-order valence-electron chi connectivity index (χ1n) is 8.71. The van der Waals surface area contributed by atoms with E-state index in [2.05, 4.69) is 22.3 Å². The van der Waals surface area contributed by atoms with Gasteiger partial charge in [-0.3, -0.25) is 0 Å². The van der Waals surface area contributed by atoms with Gasteiger partial charge in [-0.05, 0) is 30.5 Å². The number of benzene rings is 2. The number of amides is 2. The molecule has 0 spiro atoms. The zero-order valence-electron chi connectivity index (χ0n) is 14.6. The Labute approximate surface area is 148 Å². The van der Waals surface area contributed by atoms with Crippen molar-refractivity contribution in [2.45, 2.75) is 25.4 Å². The maximum atomic E-state index is 12.6. The molecule has 1 saturated heterocycles. The van der Waals surface area contributed by atoms with Crippen molar-refractivity contribution in [2.24, 2.45) is 0 Å². The van der Waals surface area contributed by atoms with Crippen LogP contribution in [0.2, 0.25) is 0 Å². The van der Waals surface area contributed by atoms with Crippen LogP contribution < -0.4 is 10.2 Å². The second-order valence-corrected chi connectivity index (χ2v) is 6.46. The number of hydrogen-bond donors (Lipinski definition) is 2. The van der Waals surface area contributed by atoms with Crippen LogP contribution in [0.1, 0.15) is 18.4 Å². The van der Waals surface area contributed by atoms with Crippen LogP contribution in [0, 0.1) is 0 Å². The second-order valence-electron chi connectivity index (χ2n) is 6.46. The van der Waals surface area contributed by atoms with Crippen LogP contribution >= 0.6 is 0 Å². The zero-order valence-corrected chi connectivity index (χ0v) is 14.6. The Kier molecular flexibility index (Phi) is 5.56. The van der Waals surface area contributed by atoms with Gasteiger partial charge in [-0.25, -0.2) is 4.79 Å². The summed E-state index contributed by atoms with van der Waals surface area (Å²) in [6.45, 7) is 1.47. The maximum absolute atomic E-state index is 12.6. The number of likely N-dealkylation sites (tertiary alicyclic amines) is 1. The third-order valence-corrected chi connectivity index (χ3v) is 4.67. The Morgan fingerprint density at radius 3 is 2.68 bits per heavy atom. The molecule has 25 heavy (non-hydrogen) atoms. The normalized spacial score (nSPS) is 16.7. The highest BCUT2D eigenvalue weighted by Gasteiger charge is 2.28. The molecular weight excluding hydrogens is 314 g/mol. The predicted octanol–water partition coefficient (Wildman–Crippen LogP) is 3.31. The van der Waals surface area contributed by atoms with Crippen molar-refractivity contribution in [2.75, 3.05) is 30.4 Å². The molecule has 0 aliphatic carbocycles. The SMILES string of the molecule is CN(Cc1ccccc1)c1ccccc1NC(=O)N1CCC[C@@H]1CO. The molecule has 1 atom stereocenters. The first-order chi connectivity index (χ1) is 12.2. The lowest BCUT2D eigenvalue weighted by Gasteiger charge is -2.26. The molecule has 0 unspecified atom stereocenters. The van der Waals surface area contributed by atoms with Crippen molar-refractivity contribution in [1.29, 1.82) is 0 Å². The van der Waals surface area contributed by atoms with E-state index in [-0.39, 0.29) is 18.7 Å². The van der Waals surface area contributed by atoms with Crippen molar-refractivity contribution in [3.63, 3.8) is 0 Å². The standard InChI is InChI=1S/C20H25N3O2/c1-22(14-16-8-3-2-4-9-16)19-12-6-5-11-18(19)21-20(25)23-13-7-10-17(23)15-24/h2-6,8-9,11-12,17,24H,7,10,13-15H2,1H3,(H,21,25)/t17-/m1/s1. The minimum absolute atomic E-state index is 0.0168. The van der Waals surface area contributed by atoms with Gasteiger partial charge in [0, 0.05) is 20.1 Å². The van der Waals surface area contributed by atoms with Gasteiger partial charge in [0.2, 0.25) is 0 Å². The molecule has 1 aliphatic rings. The third kappa shape index (κ3) is 4.12. The summed E-state index contributed by atoms with van der Waals surface area (Å²) < 4.78 is 0. The van der Waals surface area contributed by atoms with Crippen LogP contribution in [0.5, 0.6) is 0 Å². The number of carbonyl (C=O) groups excluding carboxylic acids is 1. The number of nitrogens with one attached hydrogen (secondary N) is 1. The lowest BCUT2D eigenvalue weighted by molar-refractivity contribution is 0.166. The Bertz CT molecular complexity index is 705. The molecule has 0 radical (unpaired) electrons. The minimum Gasteiger partial charge on any atom is -0.394 e. The lowest BCUT2D eigenvalue weighted by Crippen LogP contribution is -2.40. The van der Waals surface area contributed by atoms with E-state index in [1.807, 2.05) is 49.5 Å². The number of rotatable bonds is 5. The van der Waals surface area contributed by atoms with Crippen LogP contribution in [0.4, 0.5) is 16.2 Å². The third-order valence-electron chi connectivity index (χ3n) is 4.67. The summed E-state index contributed by atoms with van der Waals surface area (Å²) >= 11 is 0. The van der Waals surface area contributed by atoms with Gasteiger partial charge < -0.3 is 20.2 Å². The van der Waals surface area contributed by atoms with Gasteiger partial charge in [-0.15, -0.1) is 0 Å². The van der Waals surface area contributed by atoms with Crippen molar-refractivity contribution >= 4 is 17.4 Å². The van der Waals surface area contributed by atoms with E-state index in [9.17, 15) is 9.90 Å². The van der Waals surface area contributed by atoms with Crippen LogP contribution in [-0.2, 0) is 6.54 Å². The number of aliphatic hydroxyl groups is 1. The second kappa shape index (κ2) is 8.03. The fourth-order valence-electron chi connectivity index (χ4n) is 3.33. The maximum Gasteiger partial charge on any atom is 0.322 e. The molecule has 5 nitrogen and oxygen atoms in total. The summed E-state index contributed by atoms with van der Waals surface area (Å²) in [5.41, 5.74) is 2.97. The molecule has 1 fully saturated rings. The summed E-state index contributed by atoms with van der Waals surface area (Å²) in [4.78, 5) is 16.5. The summed E-state index contributed by atoms with van der Waals surface area (Å²) in [6, 6.07) is 17.8. The highest BCUT2D eigenvalue weighted by Crippen LogP contribution is 2.27. The van der Waals surface area contributed by atoms with Crippen LogP contribution in [-0.4, -0.2) is 42.3 Å². The molecule has 3 rings (SSSR count). The van der Waals surface area contributed by atoms with Gasteiger partial charge in [0.15, 0.2) is 0 Å². The first kappa shape index (κ1) is 17.3. The van der Waals surface area contributed by atoms with Gasteiger partial charge in [-0.1, -0.05) is 42.5 Å². The number of aliphatic hydroxyl groups excluding tert-OH is 1. The quantitative estimate of drug-likeness (QED) is 0.879. The summed E-state index contributed by atoms with van der Waals surface area (Å²) in [7, 11) is 2.02. The Hall–Kier alpha value is -2.53. The molecular formula is C20H25N3O2. The van der Waals surface area contributed by atoms with E-state index in [4.69, 9.17) is 0 Å². The van der Waals surface area contributed by atoms with E-state index >= 15 is 0 Å². The summed E-state index contributed by atoms with van der Waals surface area (Å²) in [6.07, 6.45) is 1.80. The van der Waals surface area contributed by atoms with E-state index in [1.165, 1.54) is 5.56 Å². The molecule has 2 amide bonds. The smallest absolute Gasteiger partial charge is 0.322 e. The summed E-state index contributed by atoms with van der Waals surface area (Å²) in [5, 5.41) is 12.4. The number of hydrogen-bond acceptors (Lipinski definition) is 3. The van der Waals surface area contributed by atoms with Crippen LogP contribution in [0.3, 0.4) is 0 Å². The van der Waals surface area contributed by atoms with Gasteiger partial charge >= 0.3 is 6.03 Å².